The normalized spacial score (nSPS) is 9.97. The predicted molar refractivity (Wildman–Crippen MR) is 120 cm³/mol. The van der Waals surface area contributed by atoms with Crippen molar-refractivity contribution in [2.24, 2.45) is 0 Å². The molecule has 160 valence electrons. The molecule has 0 saturated carbocycles. The molecule has 0 fully saturated rings. The van der Waals surface area contributed by atoms with Gasteiger partial charge in [0.2, 0.25) is 5.91 Å². The van der Waals surface area contributed by atoms with E-state index in [-0.39, 0.29) is 12.0 Å². The zero-order chi connectivity index (χ0) is 22.8. The van der Waals surface area contributed by atoms with Crippen LogP contribution in [0.1, 0.15) is 27.9 Å². The van der Waals surface area contributed by atoms with E-state index in [1.807, 2.05) is 48.5 Å². The van der Waals surface area contributed by atoms with Crippen LogP contribution in [0.25, 0.3) is 0 Å². The second kappa shape index (κ2) is 11.1. The number of ether oxygens (including phenoxy) is 1. The van der Waals surface area contributed by atoms with Crippen molar-refractivity contribution in [3.63, 3.8) is 0 Å². The van der Waals surface area contributed by atoms with E-state index in [1.54, 1.807) is 12.1 Å². The van der Waals surface area contributed by atoms with Crippen LogP contribution >= 0.6 is 0 Å². The van der Waals surface area contributed by atoms with Crippen LogP contribution in [0.3, 0.4) is 0 Å². The van der Waals surface area contributed by atoms with Crippen LogP contribution in [0.2, 0.25) is 0 Å². The zero-order valence-corrected chi connectivity index (χ0v) is 17.2. The smallest absolute Gasteiger partial charge is 0.338 e. The number of anilines is 2. The number of rotatable bonds is 8. The van der Waals surface area contributed by atoms with E-state index in [2.05, 4.69) is 10.6 Å². The SMILES string of the molecule is N#CCC(=O)Nc1ccc(C(=O)OCC(=O)Nc2ccccc2Cc2ccccc2)cc1. The highest BCUT2D eigenvalue weighted by Crippen LogP contribution is 2.19. The lowest BCUT2D eigenvalue weighted by molar-refractivity contribution is -0.119. The lowest BCUT2D eigenvalue weighted by Gasteiger charge is -2.12. The first kappa shape index (κ1) is 22.2. The van der Waals surface area contributed by atoms with Crippen molar-refractivity contribution in [3.05, 3.63) is 95.6 Å². The Hall–Kier alpha value is -4.44. The molecule has 0 heterocycles. The monoisotopic (exact) mass is 427 g/mol. The van der Waals surface area contributed by atoms with E-state index in [0.717, 1.165) is 11.1 Å². The Balaban J connectivity index is 1.53. The number of carbonyl (C=O) groups excluding carboxylic acids is 3. The molecule has 3 rings (SSSR count). The van der Waals surface area contributed by atoms with E-state index < -0.39 is 24.4 Å². The first-order valence-electron chi connectivity index (χ1n) is 9.91. The molecule has 7 nitrogen and oxygen atoms in total. The highest BCUT2D eigenvalue weighted by molar-refractivity contribution is 5.96. The number of nitriles is 1. The third-order valence-electron chi connectivity index (χ3n) is 4.51. The van der Waals surface area contributed by atoms with Gasteiger partial charge in [0.15, 0.2) is 6.61 Å². The van der Waals surface area contributed by atoms with Crippen molar-refractivity contribution in [3.8, 4) is 6.07 Å². The topological polar surface area (TPSA) is 108 Å². The minimum atomic E-state index is -0.660. The van der Waals surface area contributed by atoms with Crippen molar-refractivity contribution in [2.75, 3.05) is 17.2 Å². The Morgan fingerprint density at radius 3 is 2.22 bits per heavy atom. The number of nitrogens with one attached hydrogen (secondary N) is 2. The number of para-hydroxylation sites is 1. The molecule has 0 radical (unpaired) electrons. The Morgan fingerprint density at radius 2 is 1.50 bits per heavy atom. The van der Waals surface area contributed by atoms with Gasteiger partial charge in [-0.05, 0) is 47.9 Å². The molecular weight excluding hydrogens is 406 g/mol. The van der Waals surface area contributed by atoms with Crippen molar-refractivity contribution in [1.29, 1.82) is 5.26 Å². The number of carbonyl (C=O) groups is 3. The van der Waals surface area contributed by atoms with Gasteiger partial charge in [-0.3, -0.25) is 9.59 Å². The second-order valence-corrected chi connectivity index (χ2v) is 6.90. The van der Waals surface area contributed by atoms with Gasteiger partial charge in [0.25, 0.3) is 5.91 Å². The number of benzene rings is 3. The second-order valence-electron chi connectivity index (χ2n) is 6.90. The van der Waals surface area contributed by atoms with E-state index >= 15 is 0 Å². The fraction of sp³-hybridized carbons (Fsp3) is 0.120. The molecule has 0 unspecified atom stereocenters. The largest absolute Gasteiger partial charge is 0.452 e. The first-order chi connectivity index (χ1) is 15.5. The highest BCUT2D eigenvalue weighted by Gasteiger charge is 2.12. The highest BCUT2D eigenvalue weighted by atomic mass is 16.5. The average molecular weight is 427 g/mol. The number of hydrogen-bond donors (Lipinski definition) is 2. The van der Waals surface area contributed by atoms with Gasteiger partial charge in [-0.2, -0.15) is 5.26 Å². The summed E-state index contributed by atoms with van der Waals surface area (Å²) < 4.78 is 5.10. The Morgan fingerprint density at radius 1 is 0.812 bits per heavy atom. The standard InChI is InChI=1S/C25H21N3O4/c26-15-14-23(29)27-21-12-10-19(11-13-21)25(31)32-17-24(30)28-22-9-5-4-8-20(22)16-18-6-2-1-3-7-18/h1-13H,14,16-17H2,(H,27,29)(H,28,30). The fourth-order valence-electron chi connectivity index (χ4n) is 2.98. The van der Waals surface area contributed by atoms with Crippen molar-refractivity contribution in [2.45, 2.75) is 12.8 Å². The molecule has 3 aromatic rings. The Kier molecular flexibility index (Phi) is 7.71. The maximum Gasteiger partial charge on any atom is 0.338 e. The van der Waals surface area contributed by atoms with Crippen molar-refractivity contribution >= 4 is 29.2 Å². The van der Waals surface area contributed by atoms with Crippen molar-refractivity contribution < 1.29 is 19.1 Å². The minimum Gasteiger partial charge on any atom is -0.452 e. The van der Waals surface area contributed by atoms with Gasteiger partial charge in [-0.15, -0.1) is 0 Å². The molecule has 2 N–H and O–H groups in total. The molecule has 0 aliphatic rings. The van der Waals surface area contributed by atoms with Crippen LogP contribution in [0.5, 0.6) is 0 Å². The maximum atomic E-state index is 12.3. The summed E-state index contributed by atoms with van der Waals surface area (Å²) in [6, 6.07) is 25.1. The van der Waals surface area contributed by atoms with Gasteiger partial charge in [0.1, 0.15) is 6.42 Å². The summed E-state index contributed by atoms with van der Waals surface area (Å²) >= 11 is 0. The summed E-state index contributed by atoms with van der Waals surface area (Å²) in [6.07, 6.45) is 0.404. The average Bonchev–Trinajstić information content (AvgIpc) is 2.80. The van der Waals surface area contributed by atoms with Gasteiger partial charge in [-0.1, -0.05) is 48.5 Å². The lowest BCUT2D eigenvalue weighted by atomic mass is 10.0. The van der Waals surface area contributed by atoms with E-state index in [9.17, 15) is 14.4 Å². The van der Waals surface area contributed by atoms with Crippen LogP contribution in [-0.4, -0.2) is 24.4 Å². The molecule has 0 bridgehead atoms. The zero-order valence-electron chi connectivity index (χ0n) is 17.2. The van der Waals surface area contributed by atoms with Crippen LogP contribution in [0, 0.1) is 11.3 Å². The minimum absolute atomic E-state index is 0.237. The van der Waals surface area contributed by atoms with Crippen LogP contribution in [-0.2, 0) is 20.7 Å². The van der Waals surface area contributed by atoms with Crippen LogP contribution < -0.4 is 10.6 Å². The predicted octanol–water partition coefficient (Wildman–Crippen LogP) is 3.93. The molecule has 0 saturated heterocycles. The number of nitrogens with zero attached hydrogens (tertiary/aromatic N) is 1. The van der Waals surface area contributed by atoms with Crippen LogP contribution in [0.4, 0.5) is 11.4 Å². The van der Waals surface area contributed by atoms with Gasteiger partial charge in [0.05, 0.1) is 11.6 Å². The third-order valence-corrected chi connectivity index (χ3v) is 4.51. The van der Waals surface area contributed by atoms with Crippen LogP contribution in [0.15, 0.2) is 78.9 Å². The molecule has 32 heavy (non-hydrogen) atoms. The van der Waals surface area contributed by atoms with Gasteiger partial charge in [0, 0.05) is 11.4 Å². The van der Waals surface area contributed by atoms with E-state index in [4.69, 9.17) is 10.00 Å². The number of amides is 2. The molecule has 7 heteroatoms. The quantitative estimate of drug-likeness (QED) is 0.530. The van der Waals surface area contributed by atoms with Gasteiger partial charge < -0.3 is 15.4 Å². The van der Waals surface area contributed by atoms with Gasteiger partial charge >= 0.3 is 5.97 Å². The Labute approximate surface area is 185 Å². The third kappa shape index (κ3) is 6.54. The van der Waals surface area contributed by atoms with Gasteiger partial charge in [-0.25, -0.2) is 4.79 Å². The molecule has 2 amide bonds. The Bertz CT molecular complexity index is 1140. The molecule has 3 aromatic carbocycles. The summed E-state index contributed by atoms with van der Waals surface area (Å²) in [5.41, 5.74) is 3.42. The molecule has 0 aliphatic heterocycles. The number of esters is 1. The molecular formula is C25H21N3O4. The van der Waals surface area contributed by atoms with E-state index in [1.165, 1.54) is 24.3 Å². The maximum absolute atomic E-state index is 12.3. The molecule has 0 aromatic heterocycles. The summed E-state index contributed by atoms with van der Waals surface area (Å²) in [5.74, 6) is -1.54. The molecule has 0 aliphatic carbocycles. The summed E-state index contributed by atoms with van der Waals surface area (Å²) in [5, 5.41) is 13.8. The molecule has 0 atom stereocenters. The summed E-state index contributed by atoms with van der Waals surface area (Å²) in [4.78, 5) is 36.0. The lowest BCUT2D eigenvalue weighted by Crippen LogP contribution is -2.21. The van der Waals surface area contributed by atoms with Crippen molar-refractivity contribution in [1.82, 2.24) is 0 Å². The molecule has 0 spiro atoms. The fourth-order valence-corrected chi connectivity index (χ4v) is 2.98. The number of hydrogen-bond acceptors (Lipinski definition) is 5. The summed E-state index contributed by atoms with van der Waals surface area (Å²) in [6.45, 7) is -0.431. The van der Waals surface area contributed by atoms with E-state index in [0.29, 0.717) is 17.8 Å². The summed E-state index contributed by atoms with van der Waals surface area (Å²) in [7, 11) is 0. The first-order valence-corrected chi connectivity index (χ1v) is 9.91.